The Kier molecular flexibility index (Phi) is 9.38. The lowest BCUT2D eigenvalue weighted by atomic mass is 10.1. The van der Waals surface area contributed by atoms with E-state index in [0.717, 1.165) is 44.1 Å². The van der Waals surface area contributed by atoms with E-state index in [-0.39, 0.29) is 35.9 Å². The van der Waals surface area contributed by atoms with Crippen molar-refractivity contribution in [3.63, 3.8) is 0 Å². The smallest absolute Gasteiger partial charge is 0.222 e. The molecule has 0 spiro atoms. The highest BCUT2D eigenvalue weighted by Gasteiger charge is 2.25. The number of carbonyl (C=O) groups excluding carboxylic acids is 1. The first kappa shape index (κ1) is 22.7. The van der Waals surface area contributed by atoms with Crippen molar-refractivity contribution in [1.82, 2.24) is 25.3 Å². The fourth-order valence-corrected chi connectivity index (χ4v) is 3.30. The number of nitrogens with one attached hydrogen (secondary N) is 2. The van der Waals surface area contributed by atoms with E-state index >= 15 is 0 Å². The summed E-state index contributed by atoms with van der Waals surface area (Å²) in [6, 6.07) is 0.273. The normalized spacial score (nSPS) is 17.2. The van der Waals surface area contributed by atoms with Crippen LogP contribution in [0, 0.1) is 13.8 Å². The number of amides is 1. The van der Waals surface area contributed by atoms with E-state index in [4.69, 9.17) is 4.99 Å². The lowest BCUT2D eigenvalue weighted by Crippen LogP contribution is -2.45. The van der Waals surface area contributed by atoms with Gasteiger partial charge in [0.25, 0.3) is 0 Å². The van der Waals surface area contributed by atoms with Crippen LogP contribution in [0.25, 0.3) is 0 Å². The van der Waals surface area contributed by atoms with Crippen LogP contribution in [0.15, 0.2) is 4.99 Å². The minimum Gasteiger partial charge on any atom is -0.357 e. The molecule has 0 aromatic carbocycles. The van der Waals surface area contributed by atoms with Gasteiger partial charge in [-0.25, -0.2) is 0 Å². The summed E-state index contributed by atoms with van der Waals surface area (Å²) in [4.78, 5) is 18.5. The maximum Gasteiger partial charge on any atom is 0.222 e. The molecule has 7 nitrogen and oxygen atoms in total. The molecule has 0 saturated carbocycles. The Morgan fingerprint density at radius 2 is 2.08 bits per heavy atom. The van der Waals surface area contributed by atoms with Gasteiger partial charge in [0.05, 0.1) is 5.69 Å². The molecule has 1 unspecified atom stereocenters. The lowest BCUT2D eigenvalue weighted by Gasteiger charge is -2.18. The zero-order chi connectivity index (χ0) is 18.4. The molecule has 1 fully saturated rings. The van der Waals surface area contributed by atoms with Gasteiger partial charge < -0.3 is 15.5 Å². The molecule has 1 saturated heterocycles. The van der Waals surface area contributed by atoms with Crippen molar-refractivity contribution in [2.75, 3.05) is 26.2 Å². The molecular formula is C18H33IN6O. The van der Waals surface area contributed by atoms with Crippen LogP contribution in [-0.2, 0) is 18.3 Å². The molecule has 148 valence electrons. The Morgan fingerprint density at radius 3 is 2.65 bits per heavy atom. The number of nitrogens with zero attached hydrogens (tertiary/aromatic N) is 4. The van der Waals surface area contributed by atoms with Crippen LogP contribution in [-0.4, -0.2) is 58.8 Å². The van der Waals surface area contributed by atoms with Gasteiger partial charge in [0.2, 0.25) is 5.91 Å². The van der Waals surface area contributed by atoms with E-state index in [9.17, 15) is 4.79 Å². The van der Waals surface area contributed by atoms with Crippen molar-refractivity contribution in [2.45, 2.75) is 53.0 Å². The van der Waals surface area contributed by atoms with Crippen molar-refractivity contribution < 1.29 is 4.79 Å². The van der Waals surface area contributed by atoms with Crippen LogP contribution in [0.5, 0.6) is 0 Å². The number of guanidine groups is 1. The molecule has 0 radical (unpaired) electrons. The summed E-state index contributed by atoms with van der Waals surface area (Å²) in [5.41, 5.74) is 3.57. The molecule has 1 amide bonds. The number of hydrogen-bond donors (Lipinski definition) is 2. The van der Waals surface area contributed by atoms with Crippen LogP contribution >= 0.6 is 24.0 Å². The van der Waals surface area contributed by atoms with Gasteiger partial charge in [0.15, 0.2) is 5.96 Å². The van der Waals surface area contributed by atoms with Gasteiger partial charge in [-0.15, -0.1) is 24.0 Å². The Bertz CT molecular complexity index is 627. The molecule has 0 aliphatic carbocycles. The van der Waals surface area contributed by atoms with E-state index in [1.807, 2.05) is 30.5 Å². The molecule has 1 aliphatic rings. The highest BCUT2D eigenvalue weighted by atomic mass is 127. The molecule has 1 aromatic heterocycles. The third-order valence-electron chi connectivity index (χ3n) is 4.82. The van der Waals surface area contributed by atoms with Crippen LogP contribution in [0.1, 0.15) is 43.6 Å². The Hall–Kier alpha value is -1.32. The first-order valence-electron chi connectivity index (χ1n) is 9.27. The minimum atomic E-state index is 0. The van der Waals surface area contributed by atoms with Crippen molar-refractivity contribution in [2.24, 2.45) is 12.0 Å². The second-order valence-corrected chi connectivity index (χ2v) is 6.61. The summed E-state index contributed by atoms with van der Waals surface area (Å²) in [7, 11) is 1.98. The second-order valence-electron chi connectivity index (χ2n) is 6.61. The number of aliphatic imine (C=N–C) groups is 1. The number of aryl methyl sites for hydroxylation is 2. The number of halogens is 1. The topological polar surface area (TPSA) is 74.6 Å². The number of hydrogen-bond acceptors (Lipinski definition) is 3. The van der Waals surface area contributed by atoms with Crippen LogP contribution in [0.3, 0.4) is 0 Å². The van der Waals surface area contributed by atoms with Gasteiger partial charge >= 0.3 is 0 Å². The van der Waals surface area contributed by atoms with Crippen LogP contribution < -0.4 is 10.6 Å². The summed E-state index contributed by atoms with van der Waals surface area (Å²) in [6.45, 7) is 11.3. The van der Waals surface area contributed by atoms with E-state index in [1.54, 1.807) is 0 Å². The summed E-state index contributed by atoms with van der Waals surface area (Å²) >= 11 is 0. The Morgan fingerprint density at radius 1 is 1.35 bits per heavy atom. The Labute approximate surface area is 174 Å². The molecule has 1 atom stereocenters. The quantitative estimate of drug-likeness (QED) is 0.373. The van der Waals surface area contributed by atoms with E-state index in [2.05, 4.69) is 29.6 Å². The molecule has 26 heavy (non-hydrogen) atoms. The fourth-order valence-electron chi connectivity index (χ4n) is 3.30. The van der Waals surface area contributed by atoms with Crippen LogP contribution in [0.4, 0.5) is 0 Å². The van der Waals surface area contributed by atoms with Gasteiger partial charge in [-0.3, -0.25) is 14.5 Å². The standard InChI is InChI=1S/C18H32N6O.HI/c1-6-17(25)24-11-9-15(12-24)21-18(19-7-2)20-10-8-16-13(3)22-23(5)14(16)4;/h15H,6-12H2,1-5H3,(H2,19,20,21);1H. The number of aromatic nitrogens is 2. The van der Waals surface area contributed by atoms with Crippen molar-refractivity contribution in [3.8, 4) is 0 Å². The maximum absolute atomic E-state index is 11.8. The second kappa shape index (κ2) is 10.7. The highest BCUT2D eigenvalue weighted by molar-refractivity contribution is 14.0. The molecule has 2 N–H and O–H groups in total. The number of rotatable bonds is 6. The molecule has 1 aromatic rings. The zero-order valence-corrected chi connectivity index (χ0v) is 19.0. The third kappa shape index (κ3) is 5.85. The molecule has 0 bridgehead atoms. The minimum absolute atomic E-state index is 0. The first-order chi connectivity index (χ1) is 12.0. The monoisotopic (exact) mass is 476 g/mol. The fraction of sp³-hybridized carbons (Fsp3) is 0.722. The van der Waals surface area contributed by atoms with Crippen molar-refractivity contribution in [1.29, 1.82) is 0 Å². The summed E-state index contributed by atoms with van der Waals surface area (Å²) < 4.78 is 1.93. The van der Waals surface area contributed by atoms with Gasteiger partial charge in [-0.2, -0.15) is 5.10 Å². The third-order valence-corrected chi connectivity index (χ3v) is 4.82. The summed E-state index contributed by atoms with van der Waals surface area (Å²) in [5.74, 6) is 1.06. The first-order valence-corrected chi connectivity index (χ1v) is 9.27. The lowest BCUT2D eigenvalue weighted by molar-refractivity contribution is -0.129. The molecule has 1 aliphatic heterocycles. The van der Waals surface area contributed by atoms with Crippen molar-refractivity contribution >= 4 is 35.8 Å². The maximum atomic E-state index is 11.8. The molecule has 2 heterocycles. The van der Waals surface area contributed by atoms with Gasteiger partial charge in [0, 0.05) is 51.4 Å². The van der Waals surface area contributed by atoms with Crippen LogP contribution in [0.2, 0.25) is 0 Å². The van der Waals surface area contributed by atoms with Gasteiger partial charge in [-0.05, 0) is 39.2 Å². The van der Waals surface area contributed by atoms with E-state index in [1.165, 1.54) is 11.3 Å². The van der Waals surface area contributed by atoms with Crippen molar-refractivity contribution in [3.05, 3.63) is 17.0 Å². The van der Waals surface area contributed by atoms with E-state index < -0.39 is 0 Å². The average Bonchev–Trinajstić information content (AvgIpc) is 3.14. The van der Waals surface area contributed by atoms with E-state index in [0.29, 0.717) is 13.0 Å². The predicted octanol–water partition coefficient (Wildman–Crippen LogP) is 1.76. The molecule has 8 heteroatoms. The average molecular weight is 476 g/mol. The summed E-state index contributed by atoms with van der Waals surface area (Å²) in [6.07, 6.45) is 2.43. The molecule has 2 rings (SSSR count). The van der Waals surface area contributed by atoms with Gasteiger partial charge in [-0.1, -0.05) is 6.92 Å². The number of likely N-dealkylation sites (tertiary alicyclic amines) is 1. The Balaban J connectivity index is 0.00000338. The highest BCUT2D eigenvalue weighted by Crippen LogP contribution is 2.13. The van der Waals surface area contributed by atoms with Gasteiger partial charge in [0.1, 0.15) is 0 Å². The number of carbonyl (C=O) groups is 1. The summed E-state index contributed by atoms with van der Waals surface area (Å²) in [5, 5.41) is 11.2. The SMILES string of the molecule is CCNC(=NCCc1c(C)nn(C)c1C)NC1CCN(C(=O)CC)C1.I. The molecular weight excluding hydrogens is 443 g/mol. The zero-order valence-electron chi connectivity index (χ0n) is 16.6. The largest absolute Gasteiger partial charge is 0.357 e. The predicted molar refractivity (Wildman–Crippen MR) is 116 cm³/mol.